The summed E-state index contributed by atoms with van der Waals surface area (Å²) in [7, 11) is -9.93. The predicted octanol–water partition coefficient (Wildman–Crippen LogP) is 6.76. The van der Waals surface area contributed by atoms with Crippen molar-refractivity contribution in [2.24, 2.45) is 0 Å². The van der Waals surface area contributed by atoms with Gasteiger partial charge in [0, 0.05) is 8.57 Å². The van der Waals surface area contributed by atoms with Gasteiger partial charge in [-0.1, -0.05) is 85.1 Å². The molecule has 0 bridgehead atoms. The molecule has 2 nitrogen and oxygen atoms in total. The van der Waals surface area contributed by atoms with E-state index in [9.17, 15) is 4.80 Å². The van der Waals surface area contributed by atoms with Crippen LogP contribution in [-0.2, 0) is 4.43 Å². The lowest BCUT2D eigenvalue weighted by Crippen LogP contribution is -2.77. The number of allylic oxidation sites excluding steroid dienone is 1. The fraction of sp³-hybridized carbons (Fsp3) is 0.895. The Morgan fingerprint density at radius 1 is 0.731 bits per heavy atom. The molecule has 1 aliphatic rings. The molecular weight excluding hydrogens is 401 g/mol. The molecule has 0 aromatic rings. The third-order valence-electron chi connectivity index (χ3n) is 7.48. The standard InChI is InChI=1S/C19H46O2Si5/c1-17(2)21-26(20)18(22(3,4)5,23(6,7)8)15-16-19(26,24(9,10)11)25(12,13)14/h20H,1,15-16H2,2-14H3. The summed E-state index contributed by atoms with van der Waals surface area (Å²) in [6.07, 6.45) is 2.37. The molecule has 0 spiro atoms. The quantitative estimate of drug-likeness (QED) is 0.361. The molecule has 1 rings (SSSR count). The highest BCUT2D eigenvalue weighted by atomic mass is 28.5. The summed E-state index contributed by atoms with van der Waals surface area (Å²) < 4.78 is 6.90. The van der Waals surface area contributed by atoms with Gasteiger partial charge >= 0.3 is 8.56 Å². The molecular formula is C19H46O2Si5. The second kappa shape index (κ2) is 6.55. The summed E-state index contributed by atoms with van der Waals surface area (Å²) in [6, 6.07) is 0. The fourth-order valence-corrected chi connectivity index (χ4v) is 52.2. The molecule has 7 heteroatoms. The maximum absolute atomic E-state index is 13.0. The minimum absolute atomic E-state index is 0.0620. The second-order valence-electron chi connectivity index (χ2n) is 12.8. The summed E-state index contributed by atoms with van der Waals surface area (Å²) in [6.45, 7) is 36.0. The Morgan fingerprint density at radius 2 is 0.962 bits per heavy atom. The zero-order chi connectivity index (χ0) is 21.2. The molecule has 26 heavy (non-hydrogen) atoms. The Balaban J connectivity index is 4.10. The zero-order valence-electron chi connectivity index (χ0n) is 20.0. The van der Waals surface area contributed by atoms with Gasteiger partial charge in [0.25, 0.3) is 0 Å². The van der Waals surface area contributed by atoms with E-state index in [0.29, 0.717) is 0 Å². The van der Waals surface area contributed by atoms with Crippen LogP contribution in [0.5, 0.6) is 0 Å². The van der Waals surface area contributed by atoms with E-state index in [4.69, 9.17) is 4.43 Å². The van der Waals surface area contributed by atoms with Crippen LogP contribution in [0.1, 0.15) is 19.8 Å². The largest absolute Gasteiger partial charge is 0.525 e. The lowest BCUT2D eigenvalue weighted by atomic mass is 10.4. The number of rotatable bonds is 6. The van der Waals surface area contributed by atoms with Crippen LogP contribution in [0.4, 0.5) is 0 Å². The van der Waals surface area contributed by atoms with E-state index < -0.39 is 40.9 Å². The Hall–Kier alpha value is 0.584. The maximum atomic E-state index is 13.0. The van der Waals surface area contributed by atoms with Crippen LogP contribution in [0, 0.1) is 0 Å². The first-order chi connectivity index (χ1) is 11.1. The highest BCUT2D eigenvalue weighted by Crippen LogP contribution is 2.75. The Bertz CT molecular complexity index is 490. The van der Waals surface area contributed by atoms with Gasteiger partial charge in [0.2, 0.25) is 0 Å². The van der Waals surface area contributed by atoms with Crippen LogP contribution in [0.3, 0.4) is 0 Å². The van der Waals surface area contributed by atoms with E-state index >= 15 is 0 Å². The van der Waals surface area contributed by atoms with Crippen LogP contribution in [0.2, 0.25) is 87.1 Å². The number of hydrogen-bond donors (Lipinski definition) is 1. The van der Waals surface area contributed by atoms with Crippen molar-refractivity contribution < 1.29 is 9.22 Å². The highest BCUT2D eigenvalue weighted by Gasteiger charge is 2.84. The molecule has 1 fully saturated rings. The number of hydrogen-bond acceptors (Lipinski definition) is 2. The van der Waals surface area contributed by atoms with Gasteiger partial charge in [-0.15, -0.1) is 0 Å². The third kappa shape index (κ3) is 3.08. The van der Waals surface area contributed by atoms with Crippen molar-refractivity contribution in [2.75, 3.05) is 0 Å². The summed E-state index contributed by atoms with van der Waals surface area (Å²) in [5.74, 6) is 0.739. The average molecular weight is 447 g/mol. The molecule has 1 saturated heterocycles. The predicted molar refractivity (Wildman–Crippen MR) is 132 cm³/mol. The van der Waals surface area contributed by atoms with Crippen molar-refractivity contribution in [2.45, 2.75) is 107 Å². The first-order valence-corrected chi connectivity index (χ1v) is 26.0. The lowest BCUT2D eigenvalue weighted by Gasteiger charge is -2.62. The zero-order valence-corrected chi connectivity index (χ0v) is 25.0. The molecule has 0 unspecified atom stereocenters. The van der Waals surface area contributed by atoms with Crippen LogP contribution in [0.15, 0.2) is 12.3 Å². The summed E-state index contributed by atoms with van der Waals surface area (Å²) in [5, 5.41) is 0. The maximum Gasteiger partial charge on any atom is 0.397 e. The van der Waals surface area contributed by atoms with Crippen molar-refractivity contribution in [3.8, 4) is 0 Å². The van der Waals surface area contributed by atoms with E-state index in [1.165, 1.54) is 12.8 Å². The van der Waals surface area contributed by atoms with Gasteiger partial charge in [0.15, 0.2) is 0 Å². The molecule has 0 aliphatic carbocycles. The summed E-state index contributed by atoms with van der Waals surface area (Å²) in [5.41, 5.74) is 0. The van der Waals surface area contributed by atoms with Gasteiger partial charge in [0.1, 0.15) is 0 Å². The Kier molecular flexibility index (Phi) is 6.20. The molecule has 0 amide bonds. The molecule has 0 aromatic carbocycles. The van der Waals surface area contributed by atoms with Gasteiger partial charge < -0.3 is 9.22 Å². The van der Waals surface area contributed by atoms with Crippen LogP contribution in [0.25, 0.3) is 0 Å². The van der Waals surface area contributed by atoms with Crippen molar-refractivity contribution in [1.29, 1.82) is 0 Å². The van der Waals surface area contributed by atoms with Crippen molar-refractivity contribution in [3.05, 3.63) is 12.3 Å². The van der Waals surface area contributed by atoms with E-state index in [2.05, 4.69) is 85.1 Å². The highest BCUT2D eigenvalue weighted by molar-refractivity contribution is 7.23. The van der Waals surface area contributed by atoms with Gasteiger partial charge in [0.05, 0.1) is 38.1 Å². The minimum Gasteiger partial charge on any atom is -0.525 e. The fourth-order valence-electron chi connectivity index (χ4n) is 7.29. The van der Waals surface area contributed by atoms with E-state index in [1.807, 2.05) is 6.92 Å². The van der Waals surface area contributed by atoms with Crippen molar-refractivity contribution in [1.82, 2.24) is 0 Å². The minimum atomic E-state index is -3.10. The molecule has 1 N–H and O–H groups in total. The van der Waals surface area contributed by atoms with Gasteiger partial charge in [-0.25, -0.2) is 0 Å². The van der Waals surface area contributed by atoms with Gasteiger partial charge in [-0.05, 0) is 19.8 Å². The van der Waals surface area contributed by atoms with Crippen LogP contribution in [-0.4, -0.2) is 45.7 Å². The smallest absolute Gasteiger partial charge is 0.397 e. The van der Waals surface area contributed by atoms with E-state index in [0.717, 1.165) is 5.76 Å². The molecule has 0 aromatic heterocycles. The first-order valence-electron chi connectivity index (χ1n) is 10.2. The monoisotopic (exact) mass is 446 g/mol. The first kappa shape index (κ1) is 24.6. The third-order valence-corrected chi connectivity index (χ3v) is 44.2. The van der Waals surface area contributed by atoms with Crippen LogP contribution >= 0.6 is 0 Å². The molecule has 1 heterocycles. The van der Waals surface area contributed by atoms with Crippen molar-refractivity contribution >= 4 is 40.9 Å². The van der Waals surface area contributed by atoms with Gasteiger partial charge in [-0.2, -0.15) is 0 Å². The Labute approximate surface area is 169 Å². The van der Waals surface area contributed by atoms with Crippen LogP contribution < -0.4 is 0 Å². The SMILES string of the molecule is C=C(C)O[Si]1(O)C([Si](C)(C)C)([Si](C)(C)C)CCC1([Si](C)(C)C)[Si](C)(C)C. The average Bonchev–Trinajstić information content (AvgIpc) is 2.55. The summed E-state index contributed by atoms with van der Waals surface area (Å²) >= 11 is 0. The molecule has 0 radical (unpaired) electrons. The molecule has 0 atom stereocenters. The second-order valence-corrected chi connectivity index (χ2v) is 40.4. The van der Waals surface area contributed by atoms with E-state index in [1.54, 1.807) is 0 Å². The lowest BCUT2D eigenvalue weighted by molar-refractivity contribution is 0.286. The normalized spacial score (nSPS) is 23.0. The van der Waals surface area contributed by atoms with E-state index in [-0.39, 0.29) is 8.57 Å². The van der Waals surface area contributed by atoms with Crippen molar-refractivity contribution in [3.63, 3.8) is 0 Å². The molecule has 154 valence electrons. The molecule has 0 saturated carbocycles. The van der Waals surface area contributed by atoms with Gasteiger partial charge in [-0.3, -0.25) is 0 Å². The topological polar surface area (TPSA) is 29.5 Å². The molecule has 1 aliphatic heterocycles. The Morgan fingerprint density at radius 3 is 1.12 bits per heavy atom. The summed E-state index contributed by atoms with van der Waals surface area (Å²) in [4.78, 5) is 13.0.